The van der Waals surface area contributed by atoms with Crippen LogP contribution in [0.3, 0.4) is 0 Å². The summed E-state index contributed by atoms with van der Waals surface area (Å²) in [4.78, 5) is 16.2. The molecule has 0 radical (unpaired) electrons. The van der Waals surface area contributed by atoms with Gasteiger partial charge >= 0.3 is 0 Å². The molecule has 2 heterocycles. The molecule has 3 rings (SSSR count). The SMILES string of the molecule is Clc1nc(-c2ccccc2)nc(-n2cncn2)n1. The van der Waals surface area contributed by atoms with Gasteiger partial charge in [-0.3, -0.25) is 0 Å². The summed E-state index contributed by atoms with van der Waals surface area (Å²) in [5.41, 5.74) is 0.864. The van der Waals surface area contributed by atoms with Crippen molar-refractivity contribution in [3.8, 4) is 17.3 Å². The van der Waals surface area contributed by atoms with Crippen LogP contribution in [-0.2, 0) is 0 Å². The third-order valence-electron chi connectivity index (χ3n) is 2.25. The second kappa shape index (κ2) is 4.50. The molecule has 1 aromatic carbocycles. The Hall–Kier alpha value is -2.34. The van der Waals surface area contributed by atoms with Crippen molar-refractivity contribution < 1.29 is 0 Å². The van der Waals surface area contributed by atoms with Gasteiger partial charge in [-0.15, -0.1) is 0 Å². The fraction of sp³-hybridized carbons (Fsp3) is 0. The van der Waals surface area contributed by atoms with Crippen molar-refractivity contribution in [2.45, 2.75) is 0 Å². The Balaban J connectivity index is 2.12. The first-order chi connectivity index (χ1) is 8.83. The van der Waals surface area contributed by atoms with E-state index in [0.717, 1.165) is 5.56 Å². The highest BCUT2D eigenvalue weighted by Crippen LogP contribution is 2.16. The van der Waals surface area contributed by atoms with E-state index in [1.54, 1.807) is 0 Å². The number of aromatic nitrogens is 6. The Morgan fingerprint density at radius 1 is 1.00 bits per heavy atom. The van der Waals surface area contributed by atoms with Crippen LogP contribution in [0.2, 0.25) is 5.28 Å². The fourth-order valence-corrected chi connectivity index (χ4v) is 1.63. The maximum absolute atomic E-state index is 5.89. The van der Waals surface area contributed by atoms with Crippen LogP contribution in [0, 0.1) is 0 Å². The fourth-order valence-electron chi connectivity index (χ4n) is 1.47. The van der Waals surface area contributed by atoms with Crippen LogP contribution in [0.25, 0.3) is 17.3 Å². The highest BCUT2D eigenvalue weighted by molar-refractivity contribution is 6.28. The zero-order valence-corrected chi connectivity index (χ0v) is 9.86. The third kappa shape index (κ3) is 2.05. The van der Waals surface area contributed by atoms with Crippen LogP contribution in [0.15, 0.2) is 43.0 Å². The Morgan fingerprint density at radius 3 is 2.56 bits per heavy atom. The van der Waals surface area contributed by atoms with Gasteiger partial charge in [-0.05, 0) is 11.6 Å². The van der Waals surface area contributed by atoms with Crippen LogP contribution in [0.4, 0.5) is 0 Å². The van der Waals surface area contributed by atoms with Gasteiger partial charge in [0, 0.05) is 5.56 Å². The van der Waals surface area contributed by atoms with Gasteiger partial charge < -0.3 is 0 Å². The molecule has 0 amide bonds. The highest BCUT2D eigenvalue weighted by atomic mass is 35.5. The third-order valence-corrected chi connectivity index (χ3v) is 2.42. The standard InChI is InChI=1S/C11H7ClN6/c12-10-15-9(8-4-2-1-3-5-8)16-11(17-10)18-7-13-6-14-18/h1-7H. The average molecular weight is 259 g/mol. The van der Waals surface area contributed by atoms with E-state index < -0.39 is 0 Å². The van der Waals surface area contributed by atoms with E-state index in [2.05, 4.69) is 25.0 Å². The second-order valence-corrected chi connectivity index (χ2v) is 3.77. The van der Waals surface area contributed by atoms with Crippen molar-refractivity contribution in [1.29, 1.82) is 0 Å². The summed E-state index contributed by atoms with van der Waals surface area (Å²) in [5, 5.41) is 4.08. The average Bonchev–Trinajstić information content (AvgIpc) is 2.93. The van der Waals surface area contributed by atoms with E-state index in [1.165, 1.54) is 17.3 Å². The molecule has 0 aliphatic carbocycles. The summed E-state index contributed by atoms with van der Waals surface area (Å²) < 4.78 is 1.43. The Kier molecular flexibility index (Phi) is 2.70. The molecule has 0 aliphatic rings. The normalized spacial score (nSPS) is 10.5. The summed E-state index contributed by atoms with van der Waals surface area (Å²) in [6, 6.07) is 9.53. The van der Waals surface area contributed by atoms with E-state index >= 15 is 0 Å². The first kappa shape index (κ1) is 10.8. The molecule has 7 heteroatoms. The predicted octanol–water partition coefficient (Wildman–Crippen LogP) is 1.77. The molecule has 0 atom stereocenters. The summed E-state index contributed by atoms with van der Waals surface area (Å²) in [6.07, 6.45) is 2.90. The highest BCUT2D eigenvalue weighted by Gasteiger charge is 2.08. The molecule has 18 heavy (non-hydrogen) atoms. The molecule has 88 valence electrons. The van der Waals surface area contributed by atoms with Crippen molar-refractivity contribution in [1.82, 2.24) is 29.7 Å². The zero-order valence-electron chi connectivity index (χ0n) is 9.10. The summed E-state index contributed by atoms with van der Waals surface area (Å²) in [6.45, 7) is 0. The van der Waals surface area contributed by atoms with Gasteiger partial charge in [0.25, 0.3) is 5.95 Å². The van der Waals surface area contributed by atoms with Crippen molar-refractivity contribution >= 4 is 11.6 Å². The van der Waals surface area contributed by atoms with Gasteiger partial charge in [0.1, 0.15) is 12.7 Å². The number of nitrogens with zero attached hydrogens (tertiary/aromatic N) is 6. The monoisotopic (exact) mass is 258 g/mol. The second-order valence-electron chi connectivity index (χ2n) is 3.43. The molecular formula is C11H7ClN6. The molecule has 2 aromatic heterocycles. The van der Waals surface area contributed by atoms with Crippen LogP contribution < -0.4 is 0 Å². The minimum Gasteiger partial charge on any atom is -0.223 e. The minimum absolute atomic E-state index is 0.120. The van der Waals surface area contributed by atoms with Crippen molar-refractivity contribution in [3.05, 3.63) is 48.3 Å². The summed E-state index contributed by atoms with van der Waals surface area (Å²) in [5.74, 6) is 0.840. The van der Waals surface area contributed by atoms with E-state index in [0.29, 0.717) is 11.8 Å². The molecule has 6 nitrogen and oxygen atoms in total. The largest absolute Gasteiger partial charge is 0.256 e. The van der Waals surface area contributed by atoms with Crippen LogP contribution in [0.5, 0.6) is 0 Å². The Bertz CT molecular complexity index is 653. The Labute approximate surface area is 107 Å². The lowest BCUT2D eigenvalue weighted by Gasteiger charge is -2.03. The van der Waals surface area contributed by atoms with Crippen molar-refractivity contribution in [3.63, 3.8) is 0 Å². The molecule has 0 spiro atoms. The lowest BCUT2D eigenvalue weighted by Crippen LogP contribution is -2.05. The van der Waals surface area contributed by atoms with E-state index in [-0.39, 0.29) is 5.28 Å². The van der Waals surface area contributed by atoms with E-state index in [4.69, 9.17) is 11.6 Å². The molecule has 3 aromatic rings. The number of benzene rings is 1. The molecule has 0 saturated carbocycles. The number of halogens is 1. The van der Waals surface area contributed by atoms with Crippen molar-refractivity contribution in [2.75, 3.05) is 0 Å². The molecule has 0 bridgehead atoms. The lowest BCUT2D eigenvalue weighted by molar-refractivity contribution is 0.796. The van der Waals surface area contributed by atoms with E-state index in [1.807, 2.05) is 30.3 Å². The quantitative estimate of drug-likeness (QED) is 0.701. The Morgan fingerprint density at radius 2 is 1.83 bits per heavy atom. The van der Waals surface area contributed by atoms with Gasteiger partial charge in [-0.25, -0.2) is 4.98 Å². The zero-order chi connectivity index (χ0) is 12.4. The topological polar surface area (TPSA) is 69.4 Å². The van der Waals surface area contributed by atoms with Gasteiger partial charge in [0.15, 0.2) is 5.82 Å². The first-order valence-electron chi connectivity index (χ1n) is 5.15. The summed E-state index contributed by atoms with van der Waals surface area (Å²) >= 11 is 5.89. The predicted molar refractivity (Wildman–Crippen MR) is 65.2 cm³/mol. The van der Waals surface area contributed by atoms with Crippen LogP contribution in [0.1, 0.15) is 0 Å². The summed E-state index contributed by atoms with van der Waals surface area (Å²) in [7, 11) is 0. The first-order valence-corrected chi connectivity index (χ1v) is 5.53. The molecular weight excluding hydrogens is 252 g/mol. The minimum atomic E-state index is 0.120. The molecule has 0 fully saturated rings. The molecule has 0 unspecified atom stereocenters. The van der Waals surface area contributed by atoms with E-state index in [9.17, 15) is 0 Å². The molecule has 0 N–H and O–H groups in total. The molecule has 0 saturated heterocycles. The maximum atomic E-state index is 5.89. The molecule has 0 aliphatic heterocycles. The van der Waals surface area contributed by atoms with Crippen LogP contribution >= 0.6 is 11.6 Å². The number of rotatable bonds is 2. The lowest BCUT2D eigenvalue weighted by atomic mass is 10.2. The van der Waals surface area contributed by atoms with Gasteiger partial charge in [0.05, 0.1) is 0 Å². The van der Waals surface area contributed by atoms with Crippen molar-refractivity contribution in [2.24, 2.45) is 0 Å². The van der Waals surface area contributed by atoms with Gasteiger partial charge in [-0.1, -0.05) is 30.3 Å². The maximum Gasteiger partial charge on any atom is 0.256 e. The van der Waals surface area contributed by atoms with Gasteiger partial charge in [0.2, 0.25) is 5.28 Å². The smallest absolute Gasteiger partial charge is 0.223 e. The number of hydrogen-bond acceptors (Lipinski definition) is 5. The van der Waals surface area contributed by atoms with Gasteiger partial charge in [-0.2, -0.15) is 24.7 Å². The van der Waals surface area contributed by atoms with Crippen LogP contribution in [-0.4, -0.2) is 29.7 Å². The number of hydrogen-bond donors (Lipinski definition) is 0.